The van der Waals surface area contributed by atoms with Crippen molar-refractivity contribution < 1.29 is 18.3 Å². The topological polar surface area (TPSA) is 83.5 Å². The van der Waals surface area contributed by atoms with Gasteiger partial charge in [0.1, 0.15) is 0 Å². The van der Waals surface area contributed by atoms with Crippen LogP contribution >= 0.6 is 0 Å². The molecule has 1 aliphatic rings. The zero-order chi connectivity index (χ0) is 17.0. The summed E-state index contributed by atoms with van der Waals surface area (Å²) < 4.78 is 27.6. The standard InChI is InChI=1S/C17H25NO4S/c1-3-12(2)13-6-10-16(11-7-13)23(21,22)18-15-8-4-14(5-9-15)17(19)20/h6-7,10-12,14-15,18H,3-5,8-9H2,1-2H3,(H,19,20). The molecule has 0 amide bonds. The number of carbonyl (C=O) groups is 1. The molecule has 0 radical (unpaired) electrons. The Balaban J connectivity index is 2.01. The number of carboxylic acids is 1. The summed E-state index contributed by atoms with van der Waals surface area (Å²) in [4.78, 5) is 11.2. The number of hydrogen-bond acceptors (Lipinski definition) is 3. The van der Waals surface area contributed by atoms with Crippen LogP contribution in [0.15, 0.2) is 29.2 Å². The normalized spacial score (nSPS) is 23.4. The van der Waals surface area contributed by atoms with E-state index in [9.17, 15) is 13.2 Å². The summed E-state index contributed by atoms with van der Waals surface area (Å²) in [6, 6.07) is 6.85. The first-order valence-corrected chi connectivity index (χ1v) is 9.67. The summed E-state index contributed by atoms with van der Waals surface area (Å²) in [6.07, 6.45) is 3.20. The molecule has 0 saturated heterocycles. The fourth-order valence-corrected chi connectivity index (χ4v) is 4.26. The van der Waals surface area contributed by atoms with Crippen LogP contribution in [0.1, 0.15) is 57.4 Å². The number of carboxylic acid groups (broad SMARTS) is 1. The van der Waals surface area contributed by atoms with E-state index in [-0.39, 0.29) is 16.9 Å². The fourth-order valence-electron chi connectivity index (χ4n) is 2.96. The highest BCUT2D eigenvalue weighted by Crippen LogP contribution is 2.26. The van der Waals surface area contributed by atoms with Crippen molar-refractivity contribution >= 4 is 16.0 Å². The molecule has 1 aromatic rings. The first kappa shape index (κ1) is 17.9. The summed E-state index contributed by atoms with van der Waals surface area (Å²) in [5.74, 6) is -0.719. The van der Waals surface area contributed by atoms with Gasteiger partial charge >= 0.3 is 5.97 Å². The molecule has 0 heterocycles. The lowest BCUT2D eigenvalue weighted by Crippen LogP contribution is -2.38. The second kappa shape index (κ2) is 7.45. The van der Waals surface area contributed by atoms with Crippen LogP contribution in [-0.4, -0.2) is 25.5 Å². The average molecular weight is 339 g/mol. The molecule has 1 atom stereocenters. The zero-order valence-corrected chi connectivity index (χ0v) is 14.5. The van der Waals surface area contributed by atoms with E-state index >= 15 is 0 Å². The highest BCUT2D eigenvalue weighted by molar-refractivity contribution is 7.89. The Bertz CT molecular complexity index is 631. The van der Waals surface area contributed by atoms with Gasteiger partial charge in [-0.2, -0.15) is 0 Å². The maximum absolute atomic E-state index is 12.4. The van der Waals surface area contributed by atoms with Gasteiger partial charge in [0, 0.05) is 6.04 Å². The van der Waals surface area contributed by atoms with Crippen molar-refractivity contribution in [2.75, 3.05) is 0 Å². The molecule has 0 spiro atoms. The van der Waals surface area contributed by atoms with Gasteiger partial charge in [0.2, 0.25) is 10.0 Å². The fraction of sp³-hybridized carbons (Fsp3) is 0.588. The van der Waals surface area contributed by atoms with Gasteiger partial charge in [0.05, 0.1) is 10.8 Å². The Kier molecular flexibility index (Phi) is 5.81. The second-order valence-electron chi connectivity index (χ2n) is 6.39. The quantitative estimate of drug-likeness (QED) is 0.834. The first-order valence-electron chi connectivity index (χ1n) is 8.18. The summed E-state index contributed by atoms with van der Waals surface area (Å²) >= 11 is 0. The van der Waals surface area contributed by atoms with Gasteiger partial charge in [-0.3, -0.25) is 4.79 Å². The number of rotatable bonds is 6. The highest BCUT2D eigenvalue weighted by Gasteiger charge is 2.28. The lowest BCUT2D eigenvalue weighted by Gasteiger charge is -2.26. The predicted octanol–water partition coefficient (Wildman–Crippen LogP) is 3.12. The van der Waals surface area contributed by atoms with E-state index < -0.39 is 16.0 Å². The zero-order valence-electron chi connectivity index (χ0n) is 13.7. The molecule has 1 fully saturated rings. The third-order valence-corrected chi connectivity index (χ3v) is 6.31. The second-order valence-corrected chi connectivity index (χ2v) is 8.10. The Morgan fingerprint density at radius 2 is 1.78 bits per heavy atom. The SMILES string of the molecule is CCC(C)c1ccc(S(=O)(=O)NC2CCC(C(=O)O)CC2)cc1. The molecule has 5 nitrogen and oxygen atoms in total. The lowest BCUT2D eigenvalue weighted by atomic mass is 9.87. The van der Waals surface area contributed by atoms with Crippen LogP contribution in [0.3, 0.4) is 0 Å². The number of benzene rings is 1. The molecule has 2 N–H and O–H groups in total. The number of hydrogen-bond donors (Lipinski definition) is 2. The van der Waals surface area contributed by atoms with Gasteiger partial charge in [-0.25, -0.2) is 13.1 Å². The van der Waals surface area contributed by atoms with Crippen LogP contribution in [0, 0.1) is 5.92 Å². The highest BCUT2D eigenvalue weighted by atomic mass is 32.2. The molecule has 1 aliphatic carbocycles. The molecule has 2 rings (SSSR count). The summed E-state index contributed by atoms with van der Waals surface area (Å²) in [7, 11) is -3.54. The van der Waals surface area contributed by atoms with Crippen LogP contribution < -0.4 is 4.72 Å². The monoisotopic (exact) mass is 339 g/mol. The summed E-state index contributed by atoms with van der Waals surface area (Å²) in [6.45, 7) is 4.22. The molecule has 0 aliphatic heterocycles. The maximum atomic E-state index is 12.4. The third kappa shape index (κ3) is 4.54. The summed E-state index contributed by atoms with van der Waals surface area (Å²) in [5, 5.41) is 8.99. The van der Waals surface area contributed by atoms with Gasteiger partial charge in [-0.15, -0.1) is 0 Å². The van der Waals surface area contributed by atoms with Crippen molar-refractivity contribution in [3.05, 3.63) is 29.8 Å². The summed E-state index contributed by atoms with van der Waals surface area (Å²) in [5.41, 5.74) is 1.13. The van der Waals surface area contributed by atoms with Crippen molar-refractivity contribution in [2.45, 2.75) is 62.8 Å². The van der Waals surface area contributed by atoms with E-state index in [1.165, 1.54) is 0 Å². The Morgan fingerprint density at radius 1 is 1.22 bits per heavy atom. The maximum Gasteiger partial charge on any atom is 0.306 e. The molecule has 23 heavy (non-hydrogen) atoms. The number of aliphatic carboxylic acids is 1. The van der Waals surface area contributed by atoms with Crippen LogP contribution in [0.5, 0.6) is 0 Å². The minimum Gasteiger partial charge on any atom is -0.481 e. The Hall–Kier alpha value is -1.40. The van der Waals surface area contributed by atoms with E-state index in [0.717, 1.165) is 12.0 Å². The van der Waals surface area contributed by atoms with Gasteiger partial charge in [-0.05, 0) is 55.7 Å². The molecule has 128 valence electrons. The molecular weight excluding hydrogens is 314 g/mol. The van der Waals surface area contributed by atoms with Crippen molar-refractivity contribution in [3.63, 3.8) is 0 Å². The molecule has 1 unspecified atom stereocenters. The molecule has 1 saturated carbocycles. The van der Waals surface area contributed by atoms with Crippen molar-refractivity contribution in [1.29, 1.82) is 0 Å². The van der Waals surface area contributed by atoms with Crippen LogP contribution in [0.2, 0.25) is 0 Å². The number of sulfonamides is 1. The minimum absolute atomic E-state index is 0.176. The van der Waals surface area contributed by atoms with Crippen LogP contribution in [0.4, 0.5) is 0 Å². The van der Waals surface area contributed by atoms with Crippen molar-refractivity contribution in [2.24, 2.45) is 5.92 Å². The van der Waals surface area contributed by atoms with E-state index in [0.29, 0.717) is 31.6 Å². The van der Waals surface area contributed by atoms with Gasteiger partial charge in [0.15, 0.2) is 0 Å². The smallest absolute Gasteiger partial charge is 0.306 e. The Labute approximate surface area is 138 Å². The molecule has 1 aromatic carbocycles. The van der Waals surface area contributed by atoms with E-state index in [1.54, 1.807) is 12.1 Å². The Morgan fingerprint density at radius 3 is 2.26 bits per heavy atom. The molecule has 0 bridgehead atoms. The van der Waals surface area contributed by atoms with Gasteiger partial charge in [-0.1, -0.05) is 26.0 Å². The van der Waals surface area contributed by atoms with E-state index in [4.69, 9.17) is 5.11 Å². The van der Waals surface area contributed by atoms with Crippen LogP contribution in [0.25, 0.3) is 0 Å². The predicted molar refractivity (Wildman–Crippen MR) is 88.9 cm³/mol. The minimum atomic E-state index is -3.54. The molecule has 0 aromatic heterocycles. The largest absolute Gasteiger partial charge is 0.481 e. The molecule has 6 heteroatoms. The van der Waals surface area contributed by atoms with Crippen molar-refractivity contribution in [1.82, 2.24) is 4.72 Å². The van der Waals surface area contributed by atoms with Gasteiger partial charge in [0.25, 0.3) is 0 Å². The average Bonchev–Trinajstić information content (AvgIpc) is 2.54. The third-order valence-electron chi connectivity index (χ3n) is 4.77. The van der Waals surface area contributed by atoms with Gasteiger partial charge < -0.3 is 5.11 Å². The molecular formula is C17H25NO4S. The number of nitrogens with one attached hydrogen (secondary N) is 1. The van der Waals surface area contributed by atoms with Crippen molar-refractivity contribution in [3.8, 4) is 0 Å². The first-order chi connectivity index (χ1) is 10.8. The van der Waals surface area contributed by atoms with Crippen LogP contribution in [-0.2, 0) is 14.8 Å². The van der Waals surface area contributed by atoms with E-state index in [1.807, 2.05) is 12.1 Å². The van der Waals surface area contributed by atoms with E-state index in [2.05, 4.69) is 18.6 Å². The lowest BCUT2D eigenvalue weighted by molar-refractivity contribution is -0.142.